The molecule has 33 heavy (non-hydrogen) atoms. The number of rotatable bonds is 10. The Hall–Kier alpha value is -3.45. The van der Waals surface area contributed by atoms with Crippen LogP contribution in [0.1, 0.15) is 31.0 Å². The molecule has 0 aliphatic carbocycles. The van der Waals surface area contributed by atoms with Crippen LogP contribution in [0.4, 0.5) is 4.39 Å². The van der Waals surface area contributed by atoms with Gasteiger partial charge in [0.15, 0.2) is 0 Å². The molecule has 1 aliphatic rings. The topological polar surface area (TPSA) is 70.1 Å². The maximum absolute atomic E-state index is 13.4. The highest BCUT2D eigenvalue weighted by atomic mass is 19.1. The number of ether oxygens (including phenoxy) is 1. The molecule has 1 amide bonds. The van der Waals surface area contributed by atoms with E-state index >= 15 is 0 Å². The molecule has 0 saturated carbocycles. The highest BCUT2D eigenvalue weighted by Gasteiger charge is 2.46. The van der Waals surface area contributed by atoms with Gasteiger partial charge in [-0.05, 0) is 55.1 Å². The minimum Gasteiger partial charge on any atom is -0.507 e. The minimum absolute atomic E-state index is 0.0213. The van der Waals surface area contributed by atoms with Crippen molar-refractivity contribution in [3.63, 3.8) is 0 Å². The van der Waals surface area contributed by atoms with Crippen LogP contribution in [0.2, 0.25) is 0 Å². The standard InChI is InChI=1S/C26H29FN2O4/c1-4-16-33-21-9-7-8-19(17-21)23-22(24(30)18-10-12-20(27)13-11-18)25(31)26(32)29(23)15-14-28(5-2)6-3/h4,7-13,17,23,30H,1,5-6,14-16H2,2-3H3/b24-22+/t23-/m1/s1. The molecule has 1 heterocycles. The zero-order chi connectivity index (χ0) is 24.0. The van der Waals surface area contributed by atoms with E-state index in [2.05, 4.69) is 11.5 Å². The molecule has 1 fully saturated rings. The van der Waals surface area contributed by atoms with Crippen molar-refractivity contribution < 1.29 is 23.8 Å². The van der Waals surface area contributed by atoms with Gasteiger partial charge in [-0.3, -0.25) is 9.59 Å². The number of likely N-dealkylation sites (N-methyl/N-ethyl adjacent to an activating group) is 1. The molecular weight excluding hydrogens is 423 g/mol. The van der Waals surface area contributed by atoms with Crippen molar-refractivity contribution in [2.75, 3.05) is 32.8 Å². The van der Waals surface area contributed by atoms with Gasteiger partial charge in [0.1, 0.15) is 23.9 Å². The van der Waals surface area contributed by atoms with Crippen molar-refractivity contribution in [3.05, 3.63) is 83.7 Å². The van der Waals surface area contributed by atoms with Crippen LogP contribution in [0.5, 0.6) is 5.75 Å². The summed E-state index contributed by atoms with van der Waals surface area (Å²) in [5.41, 5.74) is 0.883. The molecule has 0 aromatic heterocycles. The van der Waals surface area contributed by atoms with Gasteiger partial charge in [0, 0.05) is 18.7 Å². The maximum atomic E-state index is 13.4. The average Bonchev–Trinajstić information content (AvgIpc) is 3.08. The number of hydrogen-bond donors (Lipinski definition) is 1. The fourth-order valence-electron chi connectivity index (χ4n) is 3.94. The van der Waals surface area contributed by atoms with Gasteiger partial charge in [-0.15, -0.1) is 0 Å². The van der Waals surface area contributed by atoms with Crippen molar-refractivity contribution in [1.82, 2.24) is 9.80 Å². The Bertz CT molecular complexity index is 1040. The summed E-state index contributed by atoms with van der Waals surface area (Å²) in [6.07, 6.45) is 1.62. The smallest absolute Gasteiger partial charge is 0.295 e. The lowest BCUT2D eigenvalue weighted by Gasteiger charge is -2.28. The third-order valence-corrected chi connectivity index (χ3v) is 5.75. The maximum Gasteiger partial charge on any atom is 0.295 e. The molecule has 6 nitrogen and oxygen atoms in total. The number of amides is 1. The third-order valence-electron chi connectivity index (χ3n) is 5.75. The summed E-state index contributed by atoms with van der Waals surface area (Å²) in [7, 11) is 0. The number of nitrogens with zero attached hydrogens (tertiary/aromatic N) is 2. The molecule has 2 aromatic carbocycles. The highest BCUT2D eigenvalue weighted by Crippen LogP contribution is 2.40. The van der Waals surface area contributed by atoms with E-state index in [1.54, 1.807) is 30.3 Å². The van der Waals surface area contributed by atoms with Crippen LogP contribution in [0.25, 0.3) is 5.76 Å². The summed E-state index contributed by atoms with van der Waals surface area (Å²) in [6.45, 7) is 10.5. The molecule has 0 radical (unpaired) electrons. The fourth-order valence-corrected chi connectivity index (χ4v) is 3.94. The second kappa shape index (κ2) is 10.9. The van der Waals surface area contributed by atoms with Crippen LogP contribution in [0.3, 0.4) is 0 Å². The number of aliphatic hydroxyl groups is 1. The van der Waals surface area contributed by atoms with E-state index in [0.717, 1.165) is 13.1 Å². The monoisotopic (exact) mass is 452 g/mol. The summed E-state index contributed by atoms with van der Waals surface area (Å²) in [5.74, 6) is -1.67. The first-order chi connectivity index (χ1) is 15.9. The zero-order valence-electron chi connectivity index (χ0n) is 19.0. The summed E-state index contributed by atoms with van der Waals surface area (Å²) >= 11 is 0. The Morgan fingerprint density at radius 1 is 1.18 bits per heavy atom. The predicted molar refractivity (Wildman–Crippen MR) is 125 cm³/mol. The number of carbonyl (C=O) groups excluding carboxylic acids is 2. The van der Waals surface area contributed by atoms with Gasteiger partial charge in [0.2, 0.25) is 0 Å². The second-order valence-electron chi connectivity index (χ2n) is 7.70. The van der Waals surface area contributed by atoms with E-state index in [9.17, 15) is 19.1 Å². The first kappa shape index (κ1) is 24.2. The minimum atomic E-state index is -0.794. The zero-order valence-corrected chi connectivity index (χ0v) is 19.0. The number of aliphatic hydroxyl groups excluding tert-OH is 1. The first-order valence-corrected chi connectivity index (χ1v) is 11.0. The highest BCUT2D eigenvalue weighted by molar-refractivity contribution is 6.46. The molecule has 2 aromatic rings. The number of hydrogen-bond acceptors (Lipinski definition) is 5. The summed E-state index contributed by atoms with van der Waals surface area (Å²) < 4.78 is 19.0. The molecule has 7 heteroatoms. The fraction of sp³-hybridized carbons (Fsp3) is 0.308. The van der Waals surface area contributed by atoms with Crippen molar-refractivity contribution >= 4 is 17.4 Å². The van der Waals surface area contributed by atoms with Gasteiger partial charge in [-0.1, -0.05) is 38.6 Å². The largest absolute Gasteiger partial charge is 0.507 e. The van der Waals surface area contributed by atoms with Crippen molar-refractivity contribution in [1.29, 1.82) is 0 Å². The van der Waals surface area contributed by atoms with E-state index in [4.69, 9.17) is 4.74 Å². The summed E-state index contributed by atoms with van der Waals surface area (Å²) in [6, 6.07) is 11.5. The molecule has 1 N–H and O–H groups in total. The lowest BCUT2D eigenvalue weighted by atomic mass is 9.95. The van der Waals surface area contributed by atoms with Crippen molar-refractivity contribution in [2.24, 2.45) is 0 Å². The van der Waals surface area contributed by atoms with E-state index in [1.165, 1.54) is 29.2 Å². The van der Waals surface area contributed by atoms with Crippen LogP contribution in [-0.4, -0.2) is 59.4 Å². The third kappa shape index (κ3) is 5.31. The second-order valence-corrected chi connectivity index (χ2v) is 7.70. The van der Waals surface area contributed by atoms with E-state index in [-0.39, 0.29) is 16.9 Å². The Morgan fingerprint density at radius 2 is 1.88 bits per heavy atom. The van der Waals surface area contributed by atoms with Crippen LogP contribution in [-0.2, 0) is 9.59 Å². The first-order valence-electron chi connectivity index (χ1n) is 11.0. The van der Waals surface area contributed by atoms with Crippen LogP contribution >= 0.6 is 0 Å². The van der Waals surface area contributed by atoms with Gasteiger partial charge in [-0.25, -0.2) is 4.39 Å². The Balaban J connectivity index is 2.09. The Labute approximate surface area is 193 Å². The van der Waals surface area contributed by atoms with E-state index in [1.807, 2.05) is 13.8 Å². The number of carbonyl (C=O) groups is 2. The van der Waals surface area contributed by atoms with Crippen LogP contribution in [0, 0.1) is 5.82 Å². The van der Waals surface area contributed by atoms with Crippen LogP contribution < -0.4 is 4.74 Å². The molecule has 0 unspecified atom stereocenters. The molecule has 1 aliphatic heterocycles. The van der Waals surface area contributed by atoms with Gasteiger partial charge in [0.25, 0.3) is 11.7 Å². The molecular formula is C26H29FN2O4. The lowest BCUT2D eigenvalue weighted by Crippen LogP contribution is -2.38. The predicted octanol–water partition coefficient (Wildman–Crippen LogP) is 4.15. The number of benzene rings is 2. The van der Waals surface area contributed by atoms with Gasteiger partial charge in [0.05, 0.1) is 11.6 Å². The van der Waals surface area contributed by atoms with Gasteiger partial charge in [-0.2, -0.15) is 0 Å². The molecule has 1 atom stereocenters. The number of halogens is 1. The SMILES string of the molecule is C=CCOc1cccc([C@@H]2/C(=C(\O)c3ccc(F)cc3)C(=O)C(=O)N2CCN(CC)CC)c1. The van der Waals surface area contributed by atoms with Gasteiger partial charge >= 0.3 is 0 Å². The van der Waals surface area contributed by atoms with E-state index < -0.39 is 23.5 Å². The molecule has 1 saturated heterocycles. The lowest BCUT2D eigenvalue weighted by molar-refractivity contribution is -0.140. The molecule has 3 rings (SSSR count). The van der Waals surface area contributed by atoms with Crippen molar-refractivity contribution in [3.8, 4) is 5.75 Å². The number of ketones is 1. The number of likely N-dealkylation sites (tertiary alicyclic amines) is 1. The average molecular weight is 453 g/mol. The summed E-state index contributed by atoms with van der Waals surface area (Å²) in [5, 5.41) is 11.0. The molecule has 174 valence electrons. The number of Topliss-reactive ketones (excluding diaryl/α,β-unsaturated/α-hetero) is 1. The van der Waals surface area contributed by atoms with E-state index in [0.29, 0.717) is 31.0 Å². The Morgan fingerprint density at radius 3 is 2.52 bits per heavy atom. The molecule has 0 spiro atoms. The van der Waals surface area contributed by atoms with Crippen LogP contribution in [0.15, 0.2) is 66.8 Å². The van der Waals surface area contributed by atoms with Crippen molar-refractivity contribution in [2.45, 2.75) is 19.9 Å². The molecule has 0 bridgehead atoms. The normalized spacial score (nSPS) is 17.6. The van der Waals surface area contributed by atoms with Gasteiger partial charge < -0.3 is 19.6 Å². The Kier molecular flexibility index (Phi) is 8.01. The quantitative estimate of drug-likeness (QED) is 0.254. The summed E-state index contributed by atoms with van der Waals surface area (Å²) in [4.78, 5) is 29.8.